The number of fused-ring (bicyclic) bond motifs is 1. The van der Waals surface area contributed by atoms with E-state index >= 15 is 0 Å². The van der Waals surface area contributed by atoms with Gasteiger partial charge in [-0.05, 0) is 46.8 Å². The van der Waals surface area contributed by atoms with E-state index in [1.807, 2.05) is 36.4 Å². The molecule has 0 atom stereocenters. The highest BCUT2D eigenvalue weighted by molar-refractivity contribution is 9.10. The Labute approximate surface area is 216 Å². The van der Waals surface area contributed by atoms with Crippen LogP contribution in [-0.4, -0.2) is 43.8 Å². The SMILES string of the molecule is COCCNC(=O)c1ccc(Cn2c(C(=O)OC)c(-c3ccccc3)c3cc(Br)ccc3c2=O)cc1. The molecule has 3 aromatic carbocycles. The summed E-state index contributed by atoms with van der Waals surface area (Å²) >= 11 is 3.49. The number of rotatable bonds is 8. The summed E-state index contributed by atoms with van der Waals surface area (Å²) in [5, 5.41) is 3.91. The van der Waals surface area contributed by atoms with Gasteiger partial charge < -0.3 is 14.8 Å². The second-order valence-corrected chi connectivity index (χ2v) is 9.02. The third-order valence-electron chi connectivity index (χ3n) is 5.82. The van der Waals surface area contributed by atoms with Crippen LogP contribution in [0.15, 0.2) is 82.1 Å². The van der Waals surface area contributed by atoms with E-state index < -0.39 is 5.97 Å². The summed E-state index contributed by atoms with van der Waals surface area (Å²) in [6.07, 6.45) is 0. The van der Waals surface area contributed by atoms with Crippen molar-refractivity contribution in [2.75, 3.05) is 27.4 Å². The van der Waals surface area contributed by atoms with Crippen molar-refractivity contribution < 1.29 is 19.1 Å². The molecular weight excluding hydrogens is 524 g/mol. The molecule has 1 amide bonds. The van der Waals surface area contributed by atoms with Gasteiger partial charge in [0.2, 0.25) is 0 Å². The first-order valence-electron chi connectivity index (χ1n) is 11.3. The Hall–Kier alpha value is -3.75. The molecule has 4 rings (SSSR count). The van der Waals surface area contributed by atoms with Crippen LogP contribution >= 0.6 is 15.9 Å². The van der Waals surface area contributed by atoms with Crippen LogP contribution in [0, 0.1) is 0 Å². The van der Waals surface area contributed by atoms with E-state index in [9.17, 15) is 14.4 Å². The quantitative estimate of drug-likeness (QED) is 0.256. The molecule has 0 radical (unpaired) electrons. The Kier molecular flexibility index (Phi) is 7.97. The fraction of sp³-hybridized carbons (Fsp3) is 0.179. The summed E-state index contributed by atoms with van der Waals surface area (Å²) in [4.78, 5) is 39.1. The number of nitrogens with zero attached hydrogens (tertiary/aromatic N) is 1. The molecule has 0 unspecified atom stereocenters. The number of nitrogens with one attached hydrogen (secondary N) is 1. The van der Waals surface area contributed by atoms with E-state index in [2.05, 4.69) is 21.2 Å². The average Bonchev–Trinajstić information content (AvgIpc) is 2.90. The Balaban J connectivity index is 1.85. The third-order valence-corrected chi connectivity index (χ3v) is 6.32. The van der Waals surface area contributed by atoms with E-state index in [1.165, 1.54) is 11.7 Å². The van der Waals surface area contributed by atoms with Crippen LogP contribution < -0.4 is 10.9 Å². The zero-order valence-electron chi connectivity index (χ0n) is 19.9. The third kappa shape index (κ3) is 5.24. The number of benzene rings is 3. The number of carbonyl (C=O) groups is 2. The van der Waals surface area contributed by atoms with Gasteiger partial charge in [0.1, 0.15) is 5.69 Å². The van der Waals surface area contributed by atoms with Gasteiger partial charge in [-0.25, -0.2) is 4.79 Å². The zero-order valence-corrected chi connectivity index (χ0v) is 21.5. The number of aromatic nitrogens is 1. The van der Waals surface area contributed by atoms with Gasteiger partial charge in [0.25, 0.3) is 11.5 Å². The van der Waals surface area contributed by atoms with Crippen LogP contribution in [0.4, 0.5) is 0 Å². The Morgan fingerprint density at radius 1 is 0.944 bits per heavy atom. The number of ether oxygens (including phenoxy) is 2. The first-order chi connectivity index (χ1) is 17.4. The van der Waals surface area contributed by atoms with Crippen molar-refractivity contribution in [1.82, 2.24) is 9.88 Å². The predicted molar refractivity (Wildman–Crippen MR) is 142 cm³/mol. The Bertz CT molecular complexity index is 1460. The molecule has 1 N–H and O–H groups in total. The molecule has 0 fully saturated rings. The van der Waals surface area contributed by atoms with Gasteiger partial charge >= 0.3 is 5.97 Å². The molecule has 0 aliphatic carbocycles. The fourth-order valence-electron chi connectivity index (χ4n) is 4.09. The number of carbonyl (C=O) groups excluding carboxylic acids is 2. The minimum Gasteiger partial charge on any atom is -0.464 e. The predicted octanol–water partition coefficient (Wildman–Crippen LogP) is 4.64. The standard InChI is InChI=1S/C28H25BrN2O5/c1-35-15-14-30-26(32)20-10-8-18(9-11-20)17-31-25(28(34)36-2)24(19-6-4-3-5-7-19)23-16-21(29)12-13-22(23)27(31)33/h3-13,16H,14-15,17H2,1-2H3,(H,30,32). The lowest BCUT2D eigenvalue weighted by atomic mass is 9.96. The first-order valence-corrected chi connectivity index (χ1v) is 12.1. The molecule has 0 spiro atoms. The lowest BCUT2D eigenvalue weighted by Crippen LogP contribution is -2.29. The molecular formula is C28H25BrN2O5. The molecule has 184 valence electrons. The fourth-order valence-corrected chi connectivity index (χ4v) is 4.45. The number of esters is 1. The molecule has 7 nitrogen and oxygen atoms in total. The Morgan fingerprint density at radius 2 is 1.67 bits per heavy atom. The maximum absolute atomic E-state index is 13.7. The van der Waals surface area contributed by atoms with Gasteiger partial charge in [0, 0.05) is 34.6 Å². The molecule has 0 saturated carbocycles. The molecule has 1 aromatic heterocycles. The topological polar surface area (TPSA) is 86.6 Å². The van der Waals surface area contributed by atoms with Crippen molar-refractivity contribution in [2.24, 2.45) is 0 Å². The van der Waals surface area contributed by atoms with Crippen LogP contribution in [0.5, 0.6) is 0 Å². The highest BCUT2D eigenvalue weighted by Crippen LogP contribution is 2.33. The summed E-state index contributed by atoms with van der Waals surface area (Å²) in [5.41, 5.74) is 2.51. The number of amides is 1. The zero-order chi connectivity index (χ0) is 25.7. The molecule has 0 aliphatic rings. The molecule has 0 bridgehead atoms. The molecule has 36 heavy (non-hydrogen) atoms. The lowest BCUT2D eigenvalue weighted by Gasteiger charge is -2.19. The highest BCUT2D eigenvalue weighted by atomic mass is 79.9. The number of pyridine rings is 1. The number of halogens is 1. The summed E-state index contributed by atoms with van der Waals surface area (Å²) in [5.74, 6) is -0.823. The smallest absolute Gasteiger partial charge is 0.355 e. The van der Waals surface area contributed by atoms with E-state index in [1.54, 1.807) is 43.5 Å². The molecule has 4 aromatic rings. The number of hydrogen-bond acceptors (Lipinski definition) is 5. The summed E-state index contributed by atoms with van der Waals surface area (Å²) < 4.78 is 12.3. The normalized spacial score (nSPS) is 10.9. The minimum absolute atomic E-state index is 0.126. The van der Waals surface area contributed by atoms with Crippen molar-refractivity contribution in [2.45, 2.75) is 6.54 Å². The van der Waals surface area contributed by atoms with Gasteiger partial charge in [0.05, 0.1) is 20.3 Å². The summed E-state index contributed by atoms with van der Waals surface area (Å²) in [7, 11) is 2.87. The van der Waals surface area contributed by atoms with Crippen molar-refractivity contribution >= 4 is 38.6 Å². The van der Waals surface area contributed by atoms with Crippen LogP contribution in [0.1, 0.15) is 26.4 Å². The number of hydrogen-bond donors (Lipinski definition) is 1. The van der Waals surface area contributed by atoms with Crippen LogP contribution in [-0.2, 0) is 16.0 Å². The maximum atomic E-state index is 13.7. The van der Waals surface area contributed by atoms with Crippen molar-refractivity contribution in [3.8, 4) is 11.1 Å². The maximum Gasteiger partial charge on any atom is 0.355 e. The van der Waals surface area contributed by atoms with Gasteiger partial charge in [0.15, 0.2) is 0 Å². The van der Waals surface area contributed by atoms with Gasteiger partial charge in [-0.2, -0.15) is 0 Å². The minimum atomic E-state index is -0.609. The highest BCUT2D eigenvalue weighted by Gasteiger charge is 2.24. The second kappa shape index (κ2) is 11.3. The van der Waals surface area contributed by atoms with E-state index in [4.69, 9.17) is 9.47 Å². The van der Waals surface area contributed by atoms with Crippen LogP contribution in [0.2, 0.25) is 0 Å². The first kappa shape index (κ1) is 25.3. The van der Waals surface area contributed by atoms with E-state index in [0.717, 1.165) is 15.6 Å². The molecule has 8 heteroatoms. The molecule has 0 aliphatic heterocycles. The van der Waals surface area contributed by atoms with Gasteiger partial charge in [-0.3, -0.25) is 14.2 Å². The number of methoxy groups -OCH3 is 2. The summed E-state index contributed by atoms with van der Waals surface area (Å²) in [6, 6.07) is 21.8. The van der Waals surface area contributed by atoms with Gasteiger partial charge in [-0.1, -0.05) is 58.4 Å². The monoisotopic (exact) mass is 548 g/mol. The lowest BCUT2D eigenvalue weighted by molar-refractivity contribution is 0.0588. The van der Waals surface area contributed by atoms with Crippen LogP contribution in [0.25, 0.3) is 21.9 Å². The van der Waals surface area contributed by atoms with Crippen molar-refractivity contribution in [3.05, 3.63) is 104 Å². The second-order valence-electron chi connectivity index (χ2n) is 8.11. The Morgan fingerprint density at radius 3 is 2.33 bits per heavy atom. The van der Waals surface area contributed by atoms with E-state index in [-0.39, 0.29) is 23.7 Å². The average molecular weight is 549 g/mol. The molecule has 0 saturated heterocycles. The summed E-state index contributed by atoms with van der Waals surface area (Å²) in [6.45, 7) is 0.955. The van der Waals surface area contributed by atoms with Crippen molar-refractivity contribution in [3.63, 3.8) is 0 Å². The molecule has 1 heterocycles. The van der Waals surface area contributed by atoms with Crippen LogP contribution in [0.3, 0.4) is 0 Å². The van der Waals surface area contributed by atoms with Gasteiger partial charge in [-0.15, -0.1) is 0 Å². The largest absolute Gasteiger partial charge is 0.464 e. The van der Waals surface area contributed by atoms with E-state index in [0.29, 0.717) is 35.1 Å². The van der Waals surface area contributed by atoms with Crippen molar-refractivity contribution in [1.29, 1.82) is 0 Å².